The molecule has 1 aromatic rings. The molecule has 1 saturated heterocycles. The van der Waals surface area contributed by atoms with Crippen molar-refractivity contribution in [2.45, 2.75) is 26.3 Å². The summed E-state index contributed by atoms with van der Waals surface area (Å²) in [6, 6.07) is 5.96. The summed E-state index contributed by atoms with van der Waals surface area (Å²) in [5.74, 6) is -0.259. The monoisotopic (exact) mass is 297 g/mol. The van der Waals surface area contributed by atoms with Crippen LogP contribution in [0.5, 0.6) is 0 Å². The van der Waals surface area contributed by atoms with Crippen LogP contribution in [-0.4, -0.2) is 23.7 Å². The van der Waals surface area contributed by atoms with Crippen molar-refractivity contribution in [1.29, 1.82) is 0 Å². The van der Waals surface area contributed by atoms with Gasteiger partial charge >= 0.3 is 5.97 Å². The second kappa shape index (κ2) is 4.69. The van der Waals surface area contributed by atoms with Crippen molar-refractivity contribution in [3.63, 3.8) is 0 Å². The third-order valence-corrected chi connectivity index (χ3v) is 3.96. The van der Waals surface area contributed by atoms with Crippen molar-refractivity contribution in [3.8, 4) is 0 Å². The molecule has 0 spiro atoms. The molecule has 1 aliphatic heterocycles. The SMILES string of the molecule is CC1CC(C)N(c2cccc(Br)c2C(=O)O)C1. The highest BCUT2D eigenvalue weighted by Crippen LogP contribution is 2.34. The van der Waals surface area contributed by atoms with Gasteiger partial charge in [-0.05, 0) is 47.3 Å². The summed E-state index contributed by atoms with van der Waals surface area (Å²) in [6.07, 6.45) is 1.12. The Morgan fingerprint density at radius 1 is 1.47 bits per heavy atom. The van der Waals surface area contributed by atoms with E-state index in [9.17, 15) is 9.90 Å². The van der Waals surface area contributed by atoms with Gasteiger partial charge in [-0.25, -0.2) is 4.79 Å². The zero-order valence-electron chi connectivity index (χ0n) is 9.98. The van der Waals surface area contributed by atoms with Crippen molar-refractivity contribution in [2.24, 2.45) is 5.92 Å². The number of nitrogens with zero attached hydrogens (tertiary/aromatic N) is 1. The van der Waals surface area contributed by atoms with Crippen LogP contribution < -0.4 is 4.90 Å². The number of anilines is 1. The molecule has 1 N–H and O–H groups in total. The van der Waals surface area contributed by atoms with Gasteiger partial charge in [0, 0.05) is 17.1 Å². The number of hydrogen-bond acceptors (Lipinski definition) is 2. The molecule has 2 rings (SSSR count). The first-order valence-electron chi connectivity index (χ1n) is 5.79. The summed E-state index contributed by atoms with van der Waals surface area (Å²) >= 11 is 3.32. The van der Waals surface area contributed by atoms with Gasteiger partial charge in [-0.3, -0.25) is 0 Å². The molecule has 0 aromatic heterocycles. The normalized spacial score (nSPS) is 24.1. The van der Waals surface area contributed by atoms with E-state index in [0.717, 1.165) is 18.7 Å². The van der Waals surface area contributed by atoms with Crippen LogP contribution in [0.25, 0.3) is 0 Å². The molecule has 3 nitrogen and oxygen atoms in total. The van der Waals surface area contributed by atoms with Gasteiger partial charge in [0.05, 0.1) is 11.3 Å². The largest absolute Gasteiger partial charge is 0.478 e. The molecule has 1 heterocycles. The fraction of sp³-hybridized carbons (Fsp3) is 0.462. The number of carboxylic acids is 1. The Hall–Kier alpha value is -1.03. The summed E-state index contributed by atoms with van der Waals surface area (Å²) in [7, 11) is 0. The van der Waals surface area contributed by atoms with Gasteiger partial charge in [-0.2, -0.15) is 0 Å². The average molecular weight is 298 g/mol. The molecule has 1 aliphatic rings. The lowest BCUT2D eigenvalue weighted by Crippen LogP contribution is -2.28. The van der Waals surface area contributed by atoms with Gasteiger partial charge in [-0.15, -0.1) is 0 Å². The molecule has 0 amide bonds. The van der Waals surface area contributed by atoms with Crippen LogP contribution in [0.3, 0.4) is 0 Å². The maximum absolute atomic E-state index is 11.3. The second-order valence-electron chi connectivity index (χ2n) is 4.78. The Kier molecular flexibility index (Phi) is 3.43. The van der Waals surface area contributed by atoms with Crippen molar-refractivity contribution >= 4 is 27.6 Å². The molecule has 2 unspecified atom stereocenters. The van der Waals surface area contributed by atoms with Crippen LogP contribution in [0.2, 0.25) is 0 Å². The first-order chi connectivity index (χ1) is 8.00. The molecule has 1 fully saturated rings. The van der Waals surface area contributed by atoms with E-state index >= 15 is 0 Å². The van der Waals surface area contributed by atoms with Gasteiger partial charge in [0.1, 0.15) is 0 Å². The third-order valence-electron chi connectivity index (χ3n) is 3.30. The van der Waals surface area contributed by atoms with E-state index in [1.165, 1.54) is 0 Å². The molecular weight excluding hydrogens is 282 g/mol. The van der Waals surface area contributed by atoms with E-state index < -0.39 is 5.97 Å². The molecule has 17 heavy (non-hydrogen) atoms. The highest BCUT2D eigenvalue weighted by molar-refractivity contribution is 9.10. The zero-order valence-corrected chi connectivity index (χ0v) is 11.6. The van der Waals surface area contributed by atoms with Crippen molar-refractivity contribution in [2.75, 3.05) is 11.4 Å². The van der Waals surface area contributed by atoms with Crippen LogP contribution >= 0.6 is 15.9 Å². The minimum atomic E-state index is -0.876. The van der Waals surface area contributed by atoms with Crippen LogP contribution in [0.4, 0.5) is 5.69 Å². The van der Waals surface area contributed by atoms with E-state index in [0.29, 0.717) is 22.0 Å². The van der Waals surface area contributed by atoms with E-state index in [2.05, 4.69) is 34.7 Å². The predicted octanol–water partition coefficient (Wildman–Crippen LogP) is 3.38. The lowest BCUT2D eigenvalue weighted by molar-refractivity contribution is 0.0696. The number of carboxylic acid groups (broad SMARTS) is 1. The number of halogens is 1. The second-order valence-corrected chi connectivity index (χ2v) is 5.64. The quantitative estimate of drug-likeness (QED) is 0.910. The zero-order chi connectivity index (χ0) is 12.6. The summed E-state index contributed by atoms with van der Waals surface area (Å²) in [5, 5.41) is 9.30. The molecule has 2 atom stereocenters. The highest BCUT2D eigenvalue weighted by atomic mass is 79.9. The van der Waals surface area contributed by atoms with Gasteiger partial charge in [0.15, 0.2) is 0 Å². The van der Waals surface area contributed by atoms with Crippen LogP contribution in [-0.2, 0) is 0 Å². The Morgan fingerprint density at radius 2 is 2.18 bits per heavy atom. The minimum absolute atomic E-state index is 0.369. The van der Waals surface area contributed by atoms with Gasteiger partial charge < -0.3 is 10.0 Å². The Morgan fingerprint density at radius 3 is 2.71 bits per heavy atom. The first kappa shape index (κ1) is 12.4. The standard InChI is InChI=1S/C13H16BrNO2/c1-8-6-9(2)15(7-8)11-5-3-4-10(14)12(11)13(16)17/h3-5,8-9H,6-7H2,1-2H3,(H,16,17). The van der Waals surface area contributed by atoms with Crippen molar-refractivity contribution in [3.05, 3.63) is 28.2 Å². The molecule has 0 aliphatic carbocycles. The minimum Gasteiger partial charge on any atom is -0.478 e. The Labute approximate surface area is 110 Å². The van der Waals surface area contributed by atoms with E-state index in [-0.39, 0.29) is 0 Å². The van der Waals surface area contributed by atoms with Crippen LogP contribution in [0.15, 0.2) is 22.7 Å². The smallest absolute Gasteiger partial charge is 0.338 e. The molecule has 0 radical (unpaired) electrons. The number of aromatic carboxylic acids is 1. The topological polar surface area (TPSA) is 40.5 Å². The highest BCUT2D eigenvalue weighted by Gasteiger charge is 2.29. The Bertz CT molecular complexity index is 447. The van der Waals surface area contributed by atoms with Crippen LogP contribution in [0, 0.1) is 5.92 Å². The van der Waals surface area contributed by atoms with E-state index in [4.69, 9.17) is 0 Å². The van der Waals surface area contributed by atoms with Crippen molar-refractivity contribution in [1.82, 2.24) is 0 Å². The summed E-state index contributed by atoms with van der Waals surface area (Å²) in [4.78, 5) is 13.5. The van der Waals surface area contributed by atoms with Crippen LogP contribution in [0.1, 0.15) is 30.6 Å². The maximum Gasteiger partial charge on any atom is 0.338 e. The summed E-state index contributed by atoms with van der Waals surface area (Å²) in [5.41, 5.74) is 1.19. The number of benzene rings is 1. The van der Waals surface area contributed by atoms with E-state index in [1.54, 1.807) is 6.07 Å². The number of rotatable bonds is 2. The fourth-order valence-electron chi connectivity index (χ4n) is 2.60. The molecule has 0 saturated carbocycles. The predicted molar refractivity (Wildman–Crippen MR) is 71.7 cm³/mol. The number of hydrogen-bond donors (Lipinski definition) is 1. The molecule has 92 valence electrons. The maximum atomic E-state index is 11.3. The third kappa shape index (κ3) is 2.32. The first-order valence-corrected chi connectivity index (χ1v) is 6.58. The fourth-order valence-corrected chi connectivity index (χ4v) is 3.12. The Balaban J connectivity index is 2.45. The molecule has 0 bridgehead atoms. The van der Waals surface area contributed by atoms with Gasteiger partial charge in [0.2, 0.25) is 0 Å². The van der Waals surface area contributed by atoms with Crippen molar-refractivity contribution < 1.29 is 9.90 Å². The van der Waals surface area contributed by atoms with Gasteiger partial charge in [-0.1, -0.05) is 13.0 Å². The summed E-state index contributed by atoms with van der Waals surface area (Å²) < 4.78 is 0.647. The molecule has 1 aromatic carbocycles. The number of carbonyl (C=O) groups is 1. The lowest BCUT2D eigenvalue weighted by atomic mass is 10.1. The molecular formula is C13H16BrNO2. The summed E-state index contributed by atoms with van der Waals surface area (Å²) in [6.45, 7) is 5.28. The van der Waals surface area contributed by atoms with E-state index in [1.807, 2.05) is 12.1 Å². The average Bonchev–Trinajstić information content (AvgIpc) is 2.56. The molecule has 4 heteroatoms. The lowest BCUT2D eigenvalue weighted by Gasteiger charge is -2.25. The van der Waals surface area contributed by atoms with Gasteiger partial charge in [0.25, 0.3) is 0 Å².